The molecule has 0 atom stereocenters. The van der Waals surface area contributed by atoms with Gasteiger partial charge in [0.15, 0.2) is 5.11 Å². The summed E-state index contributed by atoms with van der Waals surface area (Å²) in [4.78, 5) is 4.66. The van der Waals surface area contributed by atoms with Crippen LogP contribution < -0.4 is 20.7 Å². The van der Waals surface area contributed by atoms with E-state index in [1.165, 1.54) is 12.1 Å². The molecule has 1 aliphatic heterocycles. The van der Waals surface area contributed by atoms with E-state index >= 15 is 0 Å². The zero-order valence-corrected chi connectivity index (χ0v) is 18.4. The molecule has 1 heterocycles. The molecule has 0 radical (unpaired) electrons. The summed E-state index contributed by atoms with van der Waals surface area (Å²) in [5.74, 6) is 0. The van der Waals surface area contributed by atoms with Gasteiger partial charge in [-0.05, 0) is 55.2 Å². The molecule has 29 heavy (non-hydrogen) atoms. The van der Waals surface area contributed by atoms with Crippen LogP contribution in [0, 0.1) is 0 Å². The molecule has 1 saturated heterocycles. The van der Waals surface area contributed by atoms with Crippen molar-refractivity contribution in [1.29, 1.82) is 0 Å². The number of hydrogen-bond donors (Lipinski definition) is 3. The van der Waals surface area contributed by atoms with E-state index in [0.717, 1.165) is 43.1 Å². The summed E-state index contributed by atoms with van der Waals surface area (Å²) in [5, 5.41) is 12.4. The van der Waals surface area contributed by atoms with Gasteiger partial charge in [0.05, 0.1) is 15.6 Å². The fraction of sp³-hybridized carbons (Fsp3) is 0.316. The number of nitrogens with zero attached hydrogens (tertiary/aromatic N) is 2. The van der Waals surface area contributed by atoms with Crippen LogP contribution in [-0.4, -0.2) is 51.7 Å². The van der Waals surface area contributed by atoms with Crippen molar-refractivity contribution in [2.24, 2.45) is 5.14 Å². The highest BCUT2D eigenvalue weighted by atomic mass is 35.5. The van der Waals surface area contributed by atoms with Gasteiger partial charge in [0.2, 0.25) is 10.0 Å². The minimum absolute atomic E-state index is 0.0806. The van der Waals surface area contributed by atoms with E-state index < -0.39 is 10.0 Å². The number of sulfonamides is 1. The molecular formula is C19H24ClN5O2S2. The van der Waals surface area contributed by atoms with Gasteiger partial charge in [-0.25, -0.2) is 13.6 Å². The third kappa shape index (κ3) is 6.03. The predicted octanol–water partition coefficient (Wildman–Crippen LogP) is 2.23. The maximum atomic E-state index is 11.3. The van der Waals surface area contributed by atoms with Crippen LogP contribution in [0.25, 0.3) is 0 Å². The Labute approximate surface area is 181 Å². The topological polar surface area (TPSA) is 90.7 Å². The summed E-state index contributed by atoms with van der Waals surface area (Å²) >= 11 is 11.8. The molecule has 0 amide bonds. The van der Waals surface area contributed by atoms with E-state index in [0.29, 0.717) is 16.7 Å². The zero-order valence-electron chi connectivity index (χ0n) is 16.1. The molecule has 4 N–H and O–H groups in total. The minimum Gasteiger partial charge on any atom is -0.368 e. The van der Waals surface area contributed by atoms with Crippen LogP contribution in [0.15, 0.2) is 47.4 Å². The van der Waals surface area contributed by atoms with E-state index in [9.17, 15) is 8.42 Å². The lowest BCUT2D eigenvalue weighted by Gasteiger charge is -2.34. The molecule has 0 spiro atoms. The quantitative estimate of drug-likeness (QED) is 0.598. The Morgan fingerprint density at radius 2 is 1.79 bits per heavy atom. The Kier molecular flexibility index (Phi) is 6.97. The van der Waals surface area contributed by atoms with Crippen molar-refractivity contribution in [2.45, 2.75) is 11.4 Å². The number of rotatable bonds is 5. The average molecular weight is 454 g/mol. The van der Waals surface area contributed by atoms with Crippen molar-refractivity contribution in [2.75, 3.05) is 43.4 Å². The number of likely N-dealkylation sites (N-methyl/N-ethyl adjacent to an activating group) is 1. The first-order chi connectivity index (χ1) is 13.7. The SMILES string of the molecule is CN1CCN(c2ccc(NC(=S)NCc3ccc(S(N)(=O)=O)cc3)cc2Cl)CC1. The van der Waals surface area contributed by atoms with Gasteiger partial charge in [0, 0.05) is 38.4 Å². The minimum atomic E-state index is -3.69. The number of hydrogen-bond acceptors (Lipinski definition) is 5. The number of anilines is 2. The largest absolute Gasteiger partial charge is 0.368 e. The van der Waals surface area contributed by atoms with Crippen LogP contribution in [0.2, 0.25) is 5.02 Å². The lowest BCUT2D eigenvalue weighted by atomic mass is 10.2. The third-order valence-corrected chi connectivity index (χ3v) is 6.23. The van der Waals surface area contributed by atoms with Crippen molar-refractivity contribution in [1.82, 2.24) is 10.2 Å². The number of primary sulfonamides is 1. The molecular weight excluding hydrogens is 430 g/mol. The molecule has 10 heteroatoms. The van der Waals surface area contributed by atoms with Gasteiger partial charge in [-0.15, -0.1) is 0 Å². The molecule has 3 rings (SSSR count). The van der Waals surface area contributed by atoms with Crippen molar-refractivity contribution in [3.63, 3.8) is 0 Å². The first kappa shape index (κ1) is 21.8. The van der Waals surface area contributed by atoms with E-state index in [1.807, 2.05) is 18.2 Å². The molecule has 0 unspecified atom stereocenters. The van der Waals surface area contributed by atoms with Crippen molar-refractivity contribution < 1.29 is 8.42 Å². The van der Waals surface area contributed by atoms with E-state index in [2.05, 4.69) is 27.5 Å². The summed E-state index contributed by atoms with van der Waals surface area (Å²) in [6.45, 7) is 4.38. The van der Waals surface area contributed by atoms with Crippen LogP contribution >= 0.6 is 23.8 Å². The number of nitrogens with two attached hydrogens (primary N) is 1. The molecule has 0 saturated carbocycles. The highest BCUT2D eigenvalue weighted by Gasteiger charge is 2.16. The van der Waals surface area contributed by atoms with E-state index in [4.69, 9.17) is 29.0 Å². The third-order valence-electron chi connectivity index (χ3n) is 4.75. The molecule has 156 valence electrons. The van der Waals surface area contributed by atoms with Crippen LogP contribution in [0.4, 0.5) is 11.4 Å². The monoisotopic (exact) mass is 453 g/mol. The van der Waals surface area contributed by atoms with Crippen molar-refractivity contribution in [3.05, 3.63) is 53.1 Å². The van der Waals surface area contributed by atoms with E-state index in [1.54, 1.807) is 12.1 Å². The summed E-state index contributed by atoms with van der Waals surface area (Å²) in [7, 11) is -1.57. The lowest BCUT2D eigenvalue weighted by molar-refractivity contribution is 0.313. The number of thiocarbonyl (C=S) groups is 1. The lowest BCUT2D eigenvalue weighted by Crippen LogP contribution is -2.44. The van der Waals surface area contributed by atoms with Crippen molar-refractivity contribution in [3.8, 4) is 0 Å². The number of halogens is 1. The number of nitrogens with one attached hydrogen (secondary N) is 2. The van der Waals surface area contributed by atoms with Gasteiger partial charge in [-0.1, -0.05) is 23.7 Å². The van der Waals surface area contributed by atoms with Gasteiger partial charge >= 0.3 is 0 Å². The van der Waals surface area contributed by atoms with Gasteiger partial charge in [0.25, 0.3) is 0 Å². The van der Waals surface area contributed by atoms with Crippen molar-refractivity contribution >= 4 is 50.3 Å². The summed E-state index contributed by atoms with van der Waals surface area (Å²) in [6.07, 6.45) is 0. The summed E-state index contributed by atoms with van der Waals surface area (Å²) in [6, 6.07) is 12.1. The Bertz CT molecular complexity index is 975. The molecule has 2 aromatic rings. The second-order valence-electron chi connectivity index (χ2n) is 6.95. The average Bonchev–Trinajstić information content (AvgIpc) is 2.67. The highest BCUT2D eigenvalue weighted by Crippen LogP contribution is 2.29. The number of piperazine rings is 1. The van der Waals surface area contributed by atoms with Crippen LogP contribution in [-0.2, 0) is 16.6 Å². The van der Waals surface area contributed by atoms with Gasteiger partial charge in [-0.2, -0.15) is 0 Å². The van der Waals surface area contributed by atoms with Gasteiger partial charge < -0.3 is 20.4 Å². The first-order valence-corrected chi connectivity index (χ1v) is 11.5. The molecule has 1 fully saturated rings. The molecule has 7 nitrogen and oxygen atoms in total. The summed E-state index contributed by atoms with van der Waals surface area (Å²) in [5.41, 5.74) is 2.71. The Balaban J connectivity index is 1.54. The van der Waals surface area contributed by atoms with Gasteiger partial charge in [-0.3, -0.25) is 0 Å². The second-order valence-corrected chi connectivity index (χ2v) is 9.33. The Hall–Kier alpha value is -1.91. The molecule has 0 aliphatic carbocycles. The number of benzene rings is 2. The highest BCUT2D eigenvalue weighted by molar-refractivity contribution is 7.89. The molecule has 0 bridgehead atoms. The molecule has 1 aliphatic rings. The Morgan fingerprint density at radius 3 is 2.38 bits per heavy atom. The maximum absolute atomic E-state index is 11.3. The normalized spacial score (nSPS) is 15.2. The second kappa shape index (κ2) is 9.27. The first-order valence-electron chi connectivity index (χ1n) is 9.12. The maximum Gasteiger partial charge on any atom is 0.238 e. The smallest absolute Gasteiger partial charge is 0.238 e. The summed E-state index contributed by atoms with van der Waals surface area (Å²) < 4.78 is 22.6. The van der Waals surface area contributed by atoms with Crippen LogP contribution in [0.1, 0.15) is 5.56 Å². The van der Waals surface area contributed by atoms with Crippen LogP contribution in [0.5, 0.6) is 0 Å². The van der Waals surface area contributed by atoms with Gasteiger partial charge in [0.1, 0.15) is 0 Å². The standard InChI is InChI=1S/C19H24ClN5O2S2/c1-24-8-10-25(11-9-24)18-7-4-15(12-17(18)20)23-19(28)22-13-14-2-5-16(6-3-14)29(21,26)27/h2-7,12H,8-11,13H2,1H3,(H2,21,26,27)(H2,22,23,28). The van der Waals surface area contributed by atoms with Crippen LogP contribution in [0.3, 0.4) is 0 Å². The fourth-order valence-corrected chi connectivity index (χ4v) is 4.05. The molecule has 0 aromatic heterocycles. The van der Waals surface area contributed by atoms with E-state index in [-0.39, 0.29) is 4.90 Å². The fourth-order valence-electron chi connectivity index (χ4n) is 3.04. The molecule has 2 aromatic carbocycles. The zero-order chi connectivity index (χ0) is 21.0. The Morgan fingerprint density at radius 1 is 1.14 bits per heavy atom. The predicted molar refractivity (Wildman–Crippen MR) is 122 cm³/mol.